The Balaban J connectivity index is 1.79. The van der Waals surface area contributed by atoms with E-state index in [4.69, 9.17) is 5.11 Å². The number of amides is 2. The molecule has 2 heterocycles. The van der Waals surface area contributed by atoms with Crippen LogP contribution in [0.5, 0.6) is 0 Å². The number of benzene rings is 1. The van der Waals surface area contributed by atoms with Gasteiger partial charge in [-0.05, 0) is 37.3 Å². The van der Waals surface area contributed by atoms with Gasteiger partial charge in [0.25, 0.3) is 0 Å². The fourth-order valence-electron chi connectivity index (χ4n) is 3.36. The summed E-state index contributed by atoms with van der Waals surface area (Å²) in [5, 5.41) is 9.04. The van der Waals surface area contributed by atoms with Gasteiger partial charge in [0, 0.05) is 24.8 Å². The molecule has 112 valence electrons. The highest BCUT2D eigenvalue weighted by Gasteiger charge is 2.34. The Labute approximate surface area is 124 Å². The van der Waals surface area contributed by atoms with Crippen LogP contribution in [0.4, 0.5) is 10.5 Å². The fourth-order valence-corrected chi connectivity index (χ4v) is 3.36. The van der Waals surface area contributed by atoms with Crippen molar-refractivity contribution in [3.8, 4) is 0 Å². The summed E-state index contributed by atoms with van der Waals surface area (Å²) in [5.74, 6) is -0.832. The number of carbonyl (C=O) groups is 2. The van der Waals surface area contributed by atoms with Crippen molar-refractivity contribution in [1.82, 2.24) is 4.90 Å². The zero-order valence-electron chi connectivity index (χ0n) is 12.0. The van der Waals surface area contributed by atoms with E-state index >= 15 is 0 Å². The van der Waals surface area contributed by atoms with E-state index in [1.165, 1.54) is 5.56 Å². The lowest BCUT2D eigenvalue weighted by molar-refractivity contribution is -0.138. The normalized spacial score (nSPS) is 21.2. The molecule has 0 spiro atoms. The highest BCUT2D eigenvalue weighted by molar-refractivity contribution is 5.94. The number of hydrogen-bond donors (Lipinski definition) is 1. The van der Waals surface area contributed by atoms with Crippen LogP contribution < -0.4 is 4.90 Å². The number of urea groups is 1. The van der Waals surface area contributed by atoms with Crippen LogP contribution >= 0.6 is 0 Å². The molecule has 1 aromatic rings. The first-order chi connectivity index (χ1) is 10.2. The number of fused-ring (bicyclic) bond motifs is 1. The minimum atomic E-state index is -0.832. The number of hydrogen-bond acceptors (Lipinski definition) is 2. The van der Waals surface area contributed by atoms with Crippen molar-refractivity contribution in [2.75, 3.05) is 18.0 Å². The molecule has 0 bridgehead atoms. The van der Waals surface area contributed by atoms with Gasteiger partial charge in [0.2, 0.25) is 0 Å². The van der Waals surface area contributed by atoms with Gasteiger partial charge in [-0.15, -0.1) is 0 Å². The van der Waals surface area contributed by atoms with Crippen LogP contribution in [0.15, 0.2) is 24.3 Å². The maximum Gasteiger partial charge on any atom is 0.324 e. The van der Waals surface area contributed by atoms with Crippen molar-refractivity contribution in [1.29, 1.82) is 0 Å². The molecule has 1 saturated heterocycles. The average Bonchev–Trinajstić information content (AvgIpc) is 2.90. The van der Waals surface area contributed by atoms with Crippen molar-refractivity contribution >= 4 is 17.7 Å². The van der Waals surface area contributed by atoms with Crippen molar-refractivity contribution < 1.29 is 14.7 Å². The van der Waals surface area contributed by atoms with E-state index in [1.54, 1.807) is 9.80 Å². The lowest BCUT2D eigenvalue weighted by Crippen LogP contribution is -2.50. The molecule has 2 amide bonds. The number of para-hydroxylation sites is 1. The Morgan fingerprint density at radius 3 is 2.81 bits per heavy atom. The molecule has 0 aromatic heterocycles. The summed E-state index contributed by atoms with van der Waals surface area (Å²) < 4.78 is 0. The quantitative estimate of drug-likeness (QED) is 0.909. The number of anilines is 1. The zero-order valence-corrected chi connectivity index (χ0v) is 12.0. The maximum absolute atomic E-state index is 12.8. The Bertz CT molecular complexity index is 558. The summed E-state index contributed by atoms with van der Waals surface area (Å²) in [6.45, 7) is 1.35. The first-order valence-electron chi connectivity index (χ1n) is 7.54. The van der Waals surface area contributed by atoms with E-state index in [-0.39, 0.29) is 18.5 Å². The summed E-state index contributed by atoms with van der Waals surface area (Å²) in [4.78, 5) is 27.4. The van der Waals surface area contributed by atoms with Gasteiger partial charge in [0.15, 0.2) is 0 Å². The summed E-state index contributed by atoms with van der Waals surface area (Å²) in [6, 6.07) is 7.74. The lowest BCUT2D eigenvalue weighted by atomic mass is 10.00. The van der Waals surface area contributed by atoms with Gasteiger partial charge < -0.3 is 10.0 Å². The number of piperidine rings is 1. The first-order valence-corrected chi connectivity index (χ1v) is 7.54. The Morgan fingerprint density at radius 2 is 2.00 bits per heavy atom. The van der Waals surface area contributed by atoms with Crippen LogP contribution in [0, 0.1) is 0 Å². The van der Waals surface area contributed by atoms with Crippen LogP contribution in [0.1, 0.15) is 31.2 Å². The second kappa shape index (κ2) is 5.76. The summed E-state index contributed by atoms with van der Waals surface area (Å²) in [5.41, 5.74) is 2.17. The highest BCUT2D eigenvalue weighted by atomic mass is 16.4. The van der Waals surface area contributed by atoms with Crippen molar-refractivity contribution in [3.05, 3.63) is 29.8 Å². The molecule has 0 radical (unpaired) electrons. The standard InChI is InChI=1S/C16H20N2O3/c19-15(20)11-13-6-3-4-9-17(13)16(21)18-10-8-12-5-1-2-7-14(12)18/h1-2,5,7,13H,3-4,6,8-11H2,(H,19,20). The Hall–Kier alpha value is -2.04. The number of likely N-dealkylation sites (tertiary alicyclic amines) is 1. The number of carboxylic acid groups (broad SMARTS) is 1. The molecule has 0 saturated carbocycles. The molecule has 21 heavy (non-hydrogen) atoms. The highest BCUT2D eigenvalue weighted by Crippen LogP contribution is 2.30. The van der Waals surface area contributed by atoms with E-state index in [1.807, 2.05) is 24.3 Å². The van der Waals surface area contributed by atoms with Gasteiger partial charge >= 0.3 is 12.0 Å². The molecule has 5 heteroatoms. The molecule has 5 nitrogen and oxygen atoms in total. The zero-order chi connectivity index (χ0) is 14.8. The number of rotatable bonds is 2. The molecule has 2 aliphatic heterocycles. The number of aliphatic carboxylic acids is 1. The van der Waals surface area contributed by atoms with Gasteiger partial charge in [0.1, 0.15) is 0 Å². The largest absolute Gasteiger partial charge is 0.481 e. The molecule has 1 atom stereocenters. The number of nitrogens with zero attached hydrogens (tertiary/aromatic N) is 2. The van der Waals surface area contributed by atoms with E-state index in [0.29, 0.717) is 13.1 Å². The second-order valence-corrected chi connectivity index (χ2v) is 5.75. The third kappa shape index (κ3) is 2.73. The molecule has 3 rings (SSSR count). The van der Waals surface area contributed by atoms with Crippen LogP contribution in [0.3, 0.4) is 0 Å². The van der Waals surface area contributed by atoms with Gasteiger partial charge in [-0.3, -0.25) is 9.69 Å². The molecule has 1 N–H and O–H groups in total. The molecule has 1 unspecified atom stereocenters. The molecular formula is C16H20N2O3. The van der Waals surface area contributed by atoms with Crippen molar-refractivity contribution in [3.63, 3.8) is 0 Å². The van der Waals surface area contributed by atoms with E-state index < -0.39 is 5.97 Å². The molecular weight excluding hydrogens is 268 g/mol. The first kappa shape index (κ1) is 13.9. The molecule has 1 fully saturated rings. The van der Waals surface area contributed by atoms with E-state index in [2.05, 4.69) is 0 Å². The van der Waals surface area contributed by atoms with E-state index in [0.717, 1.165) is 31.4 Å². The SMILES string of the molecule is O=C(O)CC1CCCCN1C(=O)N1CCc2ccccc21. The maximum atomic E-state index is 12.8. The van der Waals surface area contributed by atoms with Crippen molar-refractivity contribution in [2.24, 2.45) is 0 Å². The van der Waals surface area contributed by atoms with Gasteiger partial charge in [-0.2, -0.15) is 0 Å². The molecule has 0 aliphatic carbocycles. The van der Waals surface area contributed by atoms with Crippen LogP contribution in [-0.4, -0.2) is 41.1 Å². The topological polar surface area (TPSA) is 60.9 Å². The lowest BCUT2D eigenvalue weighted by Gasteiger charge is -2.37. The summed E-state index contributed by atoms with van der Waals surface area (Å²) >= 11 is 0. The van der Waals surface area contributed by atoms with Gasteiger partial charge in [0.05, 0.1) is 6.42 Å². The third-order valence-electron chi connectivity index (χ3n) is 4.40. The Morgan fingerprint density at radius 1 is 1.19 bits per heavy atom. The summed E-state index contributed by atoms with van der Waals surface area (Å²) in [7, 11) is 0. The molecule has 2 aliphatic rings. The minimum Gasteiger partial charge on any atom is -0.481 e. The average molecular weight is 288 g/mol. The Kier molecular flexibility index (Phi) is 3.82. The monoisotopic (exact) mass is 288 g/mol. The number of carbonyl (C=O) groups excluding carboxylic acids is 1. The van der Waals surface area contributed by atoms with Crippen molar-refractivity contribution in [2.45, 2.75) is 38.1 Å². The third-order valence-corrected chi connectivity index (χ3v) is 4.40. The van der Waals surface area contributed by atoms with Crippen LogP contribution in [0.2, 0.25) is 0 Å². The van der Waals surface area contributed by atoms with E-state index in [9.17, 15) is 9.59 Å². The second-order valence-electron chi connectivity index (χ2n) is 5.75. The minimum absolute atomic E-state index is 0.0362. The van der Waals surface area contributed by atoms with Crippen LogP contribution in [0.25, 0.3) is 0 Å². The van der Waals surface area contributed by atoms with Gasteiger partial charge in [-0.1, -0.05) is 18.2 Å². The van der Waals surface area contributed by atoms with Crippen LogP contribution in [-0.2, 0) is 11.2 Å². The molecule has 1 aromatic carbocycles. The smallest absolute Gasteiger partial charge is 0.324 e. The number of carboxylic acids is 1. The predicted octanol–water partition coefficient (Wildman–Crippen LogP) is 2.50. The fraction of sp³-hybridized carbons (Fsp3) is 0.500. The predicted molar refractivity (Wildman–Crippen MR) is 79.5 cm³/mol. The summed E-state index contributed by atoms with van der Waals surface area (Å²) in [6.07, 6.45) is 3.66. The van der Waals surface area contributed by atoms with Gasteiger partial charge in [-0.25, -0.2) is 4.79 Å².